The Morgan fingerprint density at radius 3 is 2.78 bits per heavy atom. The molecule has 138 valence electrons. The van der Waals surface area contributed by atoms with E-state index in [1.807, 2.05) is 41.9 Å². The van der Waals surface area contributed by atoms with Gasteiger partial charge in [-0.2, -0.15) is 5.10 Å². The normalized spacial score (nSPS) is 18.3. The van der Waals surface area contributed by atoms with E-state index in [1.165, 1.54) is 7.11 Å². The van der Waals surface area contributed by atoms with E-state index >= 15 is 0 Å². The zero-order valence-corrected chi connectivity index (χ0v) is 16.2. The van der Waals surface area contributed by atoms with E-state index in [0.717, 1.165) is 27.3 Å². The number of nitrogens with zero attached hydrogens (tertiary/aromatic N) is 2. The second kappa shape index (κ2) is 7.04. The molecule has 2 aliphatic heterocycles. The Morgan fingerprint density at radius 1 is 1.26 bits per heavy atom. The molecular weight excluding hydrogens is 360 g/mol. The maximum Gasteiger partial charge on any atom is 0.360 e. The number of fused-ring (bicyclic) bond motifs is 3. The monoisotopic (exact) mass is 380 g/mol. The van der Waals surface area contributed by atoms with Crippen molar-refractivity contribution in [2.24, 2.45) is 11.0 Å². The van der Waals surface area contributed by atoms with Gasteiger partial charge in [-0.05, 0) is 29.5 Å². The predicted octanol–water partition coefficient (Wildman–Crippen LogP) is 4.49. The van der Waals surface area contributed by atoms with Crippen LogP contribution in [0, 0.1) is 5.92 Å². The Bertz CT molecular complexity index is 972. The number of methoxy groups -OCH3 is 1. The Hall–Kier alpha value is -2.86. The van der Waals surface area contributed by atoms with Crippen LogP contribution in [0.15, 0.2) is 58.1 Å². The number of carbonyl (C=O) groups is 1. The molecule has 1 aromatic heterocycles. The molecule has 6 heteroatoms. The van der Waals surface area contributed by atoms with Crippen molar-refractivity contribution < 1.29 is 14.3 Å². The van der Waals surface area contributed by atoms with Gasteiger partial charge in [0.05, 0.1) is 17.7 Å². The van der Waals surface area contributed by atoms with Crippen LogP contribution in [0.4, 0.5) is 0 Å². The largest absolute Gasteiger partial charge is 0.485 e. The highest BCUT2D eigenvalue weighted by Crippen LogP contribution is 2.46. The topological polar surface area (TPSA) is 51.1 Å². The van der Waals surface area contributed by atoms with Crippen LogP contribution in [-0.2, 0) is 20.9 Å². The molecule has 4 rings (SSSR count). The van der Waals surface area contributed by atoms with E-state index in [0.29, 0.717) is 18.1 Å². The van der Waals surface area contributed by atoms with Crippen LogP contribution in [0.3, 0.4) is 0 Å². The van der Waals surface area contributed by atoms with Gasteiger partial charge in [0, 0.05) is 17.7 Å². The average Bonchev–Trinajstić information content (AvgIpc) is 3.18. The van der Waals surface area contributed by atoms with Gasteiger partial charge in [0.25, 0.3) is 0 Å². The molecule has 0 N–H and O–H groups in total. The van der Waals surface area contributed by atoms with Crippen molar-refractivity contribution in [1.82, 2.24) is 5.01 Å². The molecule has 0 fully saturated rings. The number of thiophene rings is 1. The van der Waals surface area contributed by atoms with Crippen molar-refractivity contribution >= 4 is 35.0 Å². The van der Waals surface area contributed by atoms with Crippen molar-refractivity contribution in [1.29, 1.82) is 0 Å². The molecule has 0 saturated carbocycles. The molecule has 1 atom stereocenters. The van der Waals surface area contributed by atoms with Gasteiger partial charge in [-0.1, -0.05) is 37.3 Å². The Morgan fingerprint density at radius 2 is 2.04 bits per heavy atom. The summed E-state index contributed by atoms with van der Waals surface area (Å²) in [6, 6.07) is 11.9. The van der Waals surface area contributed by atoms with Gasteiger partial charge in [-0.25, -0.2) is 9.80 Å². The number of hydrazone groups is 1. The zero-order valence-electron chi connectivity index (χ0n) is 15.4. The summed E-state index contributed by atoms with van der Waals surface area (Å²) in [5, 5.41) is 8.21. The van der Waals surface area contributed by atoms with Crippen molar-refractivity contribution in [3.05, 3.63) is 69.1 Å². The molecular formula is C21H20N2O3S. The molecule has 0 saturated heterocycles. The lowest BCUT2D eigenvalue weighted by Gasteiger charge is -2.34. The van der Waals surface area contributed by atoms with Crippen molar-refractivity contribution in [2.45, 2.75) is 20.5 Å². The third-order valence-corrected chi connectivity index (χ3v) is 5.75. The fraction of sp³-hybridized carbons (Fsp3) is 0.238. The summed E-state index contributed by atoms with van der Waals surface area (Å²) in [6.07, 6.45) is 1.84. The minimum atomic E-state index is -0.464. The van der Waals surface area contributed by atoms with E-state index < -0.39 is 5.97 Å². The van der Waals surface area contributed by atoms with Gasteiger partial charge in [-0.3, -0.25) is 0 Å². The lowest BCUT2D eigenvalue weighted by molar-refractivity contribution is -0.137. The third-order valence-electron chi connectivity index (χ3n) is 4.83. The minimum Gasteiger partial charge on any atom is -0.485 e. The number of ether oxygens (including phenoxy) is 2. The van der Waals surface area contributed by atoms with Gasteiger partial charge in [0.1, 0.15) is 6.61 Å². The first-order valence-corrected chi connectivity index (χ1v) is 9.62. The second-order valence-electron chi connectivity index (χ2n) is 6.50. The molecule has 0 bridgehead atoms. The van der Waals surface area contributed by atoms with Crippen LogP contribution < -0.4 is 0 Å². The first kappa shape index (κ1) is 17.5. The van der Waals surface area contributed by atoms with Gasteiger partial charge in [-0.15, -0.1) is 11.3 Å². The SMILES string of the molecule is COC(=O)C1=C(OCc2ccccc2)c2sccc2C2=C(C)C(C)C=NN12. The number of carbonyl (C=O) groups excluding carboxylic acids is 1. The highest BCUT2D eigenvalue weighted by Gasteiger charge is 2.38. The van der Waals surface area contributed by atoms with Crippen LogP contribution in [0.5, 0.6) is 0 Å². The number of hydrogen-bond acceptors (Lipinski definition) is 6. The molecule has 0 spiro atoms. The Kier molecular flexibility index (Phi) is 4.58. The van der Waals surface area contributed by atoms with Crippen LogP contribution in [0.2, 0.25) is 0 Å². The Labute approximate surface area is 162 Å². The number of esters is 1. The molecule has 5 nitrogen and oxygen atoms in total. The molecule has 27 heavy (non-hydrogen) atoms. The smallest absolute Gasteiger partial charge is 0.360 e. The van der Waals surface area contributed by atoms with Crippen molar-refractivity contribution in [3.63, 3.8) is 0 Å². The molecule has 2 aromatic rings. The number of hydrogen-bond donors (Lipinski definition) is 0. The molecule has 2 aliphatic rings. The lowest BCUT2D eigenvalue weighted by Crippen LogP contribution is -2.32. The summed E-state index contributed by atoms with van der Waals surface area (Å²) in [4.78, 5) is 13.6. The maximum atomic E-state index is 12.7. The van der Waals surface area contributed by atoms with E-state index in [4.69, 9.17) is 9.47 Å². The minimum absolute atomic E-state index is 0.203. The highest BCUT2D eigenvalue weighted by atomic mass is 32.1. The molecule has 0 amide bonds. The van der Waals surface area contributed by atoms with Crippen LogP contribution in [0.25, 0.3) is 11.5 Å². The quantitative estimate of drug-likeness (QED) is 0.734. The summed E-state index contributed by atoms with van der Waals surface area (Å²) in [5.41, 5.74) is 4.49. The summed E-state index contributed by atoms with van der Waals surface area (Å²) >= 11 is 1.56. The third kappa shape index (κ3) is 2.96. The number of allylic oxidation sites excluding steroid dienone is 1. The molecule has 0 radical (unpaired) electrons. The van der Waals surface area contributed by atoms with E-state index in [1.54, 1.807) is 16.3 Å². The summed E-state index contributed by atoms with van der Waals surface area (Å²) in [5.74, 6) is 0.253. The average molecular weight is 380 g/mol. The maximum absolute atomic E-state index is 12.7. The molecule has 1 aromatic carbocycles. The van der Waals surface area contributed by atoms with Crippen LogP contribution in [0.1, 0.15) is 29.9 Å². The van der Waals surface area contributed by atoms with Crippen molar-refractivity contribution in [2.75, 3.05) is 7.11 Å². The fourth-order valence-electron chi connectivity index (χ4n) is 3.23. The van der Waals surface area contributed by atoms with Crippen LogP contribution >= 0.6 is 11.3 Å². The standard InChI is InChI=1S/C21H20N2O3S/c1-13-11-22-23-17(14(13)2)16-9-10-27-20(16)19(18(23)21(24)25-3)26-12-15-7-5-4-6-8-15/h4-11,13H,12H2,1-3H3. The summed E-state index contributed by atoms with van der Waals surface area (Å²) in [7, 11) is 1.38. The van der Waals surface area contributed by atoms with Gasteiger partial charge >= 0.3 is 5.97 Å². The van der Waals surface area contributed by atoms with Gasteiger partial charge in [0.15, 0.2) is 11.5 Å². The highest BCUT2D eigenvalue weighted by molar-refractivity contribution is 7.11. The summed E-state index contributed by atoms with van der Waals surface area (Å²) < 4.78 is 11.2. The number of benzene rings is 1. The molecule has 1 unspecified atom stereocenters. The van der Waals surface area contributed by atoms with Gasteiger partial charge in [0.2, 0.25) is 0 Å². The number of rotatable bonds is 4. The van der Waals surface area contributed by atoms with Crippen LogP contribution in [-0.4, -0.2) is 24.3 Å². The fourth-order valence-corrected chi connectivity index (χ4v) is 4.12. The summed E-state index contributed by atoms with van der Waals surface area (Å²) in [6.45, 7) is 4.53. The molecule has 3 heterocycles. The zero-order chi connectivity index (χ0) is 19.0. The predicted molar refractivity (Wildman–Crippen MR) is 107 cm³/mol. The first-order valence-electron chi connectivity index (χ1n) is 8.74. The van der Waals surface area contributed by atoms with Gasteiger partial charge < -0.3 is 9.47 Å². The lowest BCUT2D eigenvalue weighted by atomic mass is 9.94. The first-order chi connectivity index (χ1) is 13.1. The Balaban J connectivity index is 1.84. The van der Waals surface area contributed by atoms with E-state index in [-0.39, 0.29) is 5.92 Å². The van der Waals surface area contributed by atoms with E-state index in [9.17, 15) is 4.79 Å². The van der Waals surface area contributed by atoms with E-state index in [2.05, 4.69) is 25.0 Å². The van der Waals surface area contributed by atoms with Crippen molar-refractivity contribution in [3.8, 4) is 0 Å². The second-order valence-corrected chi connectivity index (χ2v) is 7.42. The molecule has 0 aliphatic carbocycles.